The third kappa shape index (κ3) is 2.59. The summed E-state index contributed by atoms with van der Waals surface area (Å²) in [5.74, 6) is -0.0169. The van der Waals surface area contributed by atoms with Crippen molar-refractivity contribution in [2.24, 2.45) is 7.05 Å². The van der Waals surface area contributed by atoms with Crippen LogP contribution in [0, 0.1) is 13.8 Å². The maximum absolute atomic E-state index is 11.7. The van der Waals surface area contributed by atoms with Crippen LogP contribution in [0.5, 0.6) is 0 Å². The summed E-state index contributed by atoms with van der Waals surface area (Å²) in [4.78, 5) is 11.5. The zero-order chi connectivity index (χ0) is 11.6. The molecule has 0 aliphatic heterocycles. The summed E-state index contributed by atoms with van der Waals surface area (Å²) < 4.78 is 1.76. The minimum atomic E-state index is -0.142. The molecule has 0 bridgehead atoms. The Hall–Kier alpha value is -0.840. The van der Waals surface area contributed by atoms with Gasteiger partial charge >= 0.3 is 0 Å². The highest BCUT2D eigenvalue weighted by Gasteiger charge is 2.16. The van der Waals surface area contributed by atoms with Crippen LogP contribution in [0.15, 0.2) is 0 Å². The predicted molar refractivity (Wildman–Crippen MR) is 64.3 cm³/mol. The summed E-state index contributed by atoms with van der Waals surface area (Å²) in [5, 5.41) is 7.12. The zero-order valence-electron chi connectivity index (χ0n) is 9.47. The van der Waals surface area contributed by atoms with E-state index in [2.05, 4.69) is 26.3 Å². The van der Waals surface area contributed by atoms with Crippen molar-refractivity contribution in [2.45, 2.75) is 32.0 Å². The number of carbonyl (C=O) groups is 1. The zero-order valence-corrected chi connectivity index (χ0v) is 11.1. The van der Waals surface area contributed by atoms with Crippen molar-refractivity contribution in [1.82, 2.24) is 9.78 Å². The molecular formula is C10H16BrN3O. The summed E-state index contributed by atoms with van der Waals surface area (Å²) in [6.07, 6.45) is 0.768. The Kier molecular flexibility index (Phi) is 3.90. The lowest BCUT2D eigenvalue weighted by Crippen LogP contribution is -2.22. The molecule has 1 unspecified atom stereocenters. The summed E-state index contributed by atoms with van der Waals surface area (Å²) in [6.45, 7) is 5.78. The van der Waals surface area contributed by atoms with Crippen LogP contribution in [0.4, 0.5) is 5.69 Å². The van der Waals surface area contributed by atoms with Crippen molar-refractivity contribution in [3.63, 3.8) is 0 Å². The molecule has 0 spiro atoms. The number of hydrogen-bond donors (Lipinski definition) is 1. The first-order chi connectivity index (χ1) is 6.97. The highest BCUT2D eigenvalue weighted by Crippen LogP contribution is 2.19. The number of anilines is 1. The van der Waals surface area contributed by atoms with E-state index in [1.54, 1.807) is 4.68 Å². The van der Waals surface area contributed by atoms with Crippen molar-refractivity contribution >= 4 is 27.5 Å². The predicted octanol–water partition coefficient (Wildman–Crippen LogP) is 2.15. The molecule has 1 rings (SSSR count). The Labute approximate surface area is 98.2 Å². The molecule has 1 N–H and O–H groups in total. The molecule has 84 valence electrons. The number of carbonyl (C=O) groups excluding carboxylic acids is 1. The lowest BCUT2D eigenvalue weighted by Gasteiger charge is -2.08. The molecule has 1 aromatic heterocycles. The average molecular weight is 274 g/mol. The van der Waals surface area contributed by atoms with Gasteiger partial charge in [0.15, 0.2) is 0 Å². The minimum absolute atomic E-state index is 0.0169. The van der Waals surface area contributed by atoms with Crippen molar-refractivity contribution < 1.29 is 4.79 Å². The number of rotatable bonds is 3. The quantitative estimate of drug-likeness (QED) is 0.858. The SMILES string of the molecule is CCC(Br)C(=O)Nc1c(C)nn(C)c1C. The van der Waals surface area contributed by atoms with Crippen LogP contribution in [0.3, 0.4) is 0 Å². The number of hydrogen-bond acceptors (Lipinski definition) is 2. The number of aromatic nitrogens is 2. The minimum Gasteiger partial charge on any atom is -0.322 e. The van der Waals surface area contributed by atoms with E-state index in [1.807, 2.05) is 27.8 Å². The Morgan fingerprint density at radius 3 is 2.60 bits per heavy atom. The fraction of sp³-hybridized carbons (Fsp3) is 0.600. The topological polar surface area (TPSA) is 46.9 Å². The second-order valence-electron chi connectivity index (χ2n) is 3.53. The van der Waals surface area contributed by atoms with Gasteiger partial charge in [-0.05, 0) is 20.3 Å². The molecular weight excluding hydrogens is 258 g/mol. The number of nitrogens with zero attached hydrogens (tertiary/aromatic N) is 2. The van der Waals surface area contributed by atoms with Gasteiger partial charge in [0.25, 0.3) is 0 Å². The van der Waals surface area contributed by atoms with E-state index in [0.717, 1.165) is 23.5 Å². The average Bonchev–Trinajstić information content (AvgIpc) is 2.43. The van der Waals surface area contributed by atoms with Crippen LogP contribution < -0.4 is 5.32 Å². The molecule has 4 nitrogen and oxygen atoms in total. The number of amides is 1. The van der Waals surface area contributed by atoms with Gasteiger partial charge in [-0.3, -0.25) is 9.48 Å². The Morgan fingerprint density at radius 2 is 2.20 bits per heavy atom. The summed E-state index contributed by atoms with van der Waals surface area (Å²) >= 11 is 3.32. The molecule has 1 atom stereocenters. The highest BCUT2D eigenvalue weighted by atomic mass is 79.9. The number of nitrogens with one attached hydrogen (secondary N) is 1. The van der Waals surface area contributed by atoms with Gasteiger partial charge < -0.3 is 5.32 Å². The first-order valence-corrected chi connectivity index (χ1v) is 5.84. The van der Waals surface area contributed by atoms with Crippen LogP contribution in [0.2, 0.25) is 0 Å². The van der Waals surface area contributed by atoms with Gasteiger partial charge in [-0.2, -0.15) is 5.10 Å². The monoisotopic (exact) mass is 273 g/mol. The Morgan fingerprint density at radius 1 is 1.60 bits per heavy atom. The van der Waals surface area contributed by atoms with E-state index >= 15 is 0 Å². The standard InChI is InChI=1S/C10H16BrN3O/c1-5-8(11)10(15)12-9-6(2)13-14(4)7(9)3/h8H,5H2,1-4H3,(H,12,15). The maximum Gasteiger partial charge on any atom is 0.238 e. The summed E-state index contributed by atoms with van der Waals surface area (Å²) in [6, 6.07) is 0. The second-order valence-corrected chi connectivity index (χ2v) is 4.64. The van der Waals surface area contributed by atoms with E-state index in [0.29, 0.717) is 0 Å². The van der Waals surface area contributed by atoms with Gasteiger partial charge in [0.1, 0.15) is 0 Å². The highest BCUT2D eigenvalue weighted by molar-refractivity contribution is 9.10. The fourth-order valence-corrected chi connectivity index (χ4v) is 1.46. The number of halogens is 1. The van der Waals surface area contributed by atoms with E-state index in [-0.39, 0.29) is 10.7 Å². The molecule has 1 amide bonds. The van der Waals surface area contributed by atoms with Gasteiger partial charge in [-0.25, -0.2) is 0 Å². The first-order valence-electron chi connectivity index (χ1n) is 4.92. The molecule has 0 radical (unpaired) electrons. The van der Waals surface area contributed by atoms with Gasteiger partial charge in [0.2, 0.25) is 5.91 Å². The van der Waals surface area contributed by atoms with Gasteiger partial charge in [-0.1, -0.05) is 22.9 Å². The molecule has 0 aliphatic carbocycles. The molecule has 1 aromatic rings. The normalized spacial score (nSPS) is 12.6. The van der Waals surface area contributed by atoms with Gasteiger partial charge in [0, 0.05) is 7.05 Å². The van der Waals surface area contributed by atoms with Crippen molar-refractivity contribution in [3.8, 4) is 0 Å². The van der Waals surface area contributed by atoms with Crippen LogP contribution in [0.1, 0.15) is 24.7 Å². The first kappa shape index (κ1) is 12.2. The number of alkyl halides is 1. The number of aryl methyl sites for hydroxylation is 2. The van der Waals surface area contributed by atoms with Gasteiger partial charge in [0.05, 0.1) is 21.9 Å². The summed E-state index contributed by atoms with van der Waals surface area (Å²) in [7, 11) is 1.86. The molecule has 1 heterocycles. The fourth-order valence-electron chi connectivity index (χ4n) is 1.34. The molecule has 0 saturated heterocycles. The van der Waals surface area contributed by atoms with E-state index in [4.69, 9.17) is 0 Å². The molecule has 0 fully saturated rings. The van der Waals surface area contributed by atoms with Crippen molar-refractivity contribution in [3.05, 3.63) is 11.4 Å². The molecule has 0 saturated carbocycles. The van der Waals surface area contributed by atoms with E-state index in [9.17, 15) is 4.79 Å². The van der Waals surface area contributed by atoms with Crippen LogP contribution in [0.25, 0.3) is 0 Å². The molecule has 15 heavy (non-hydrogen) atoms. The smallest absolute Gasteiger partial charge is 0.238 e. The molecule has 5 heteroatoms. The maximum atomic E-state index is 11.7. The Balaban J connectivity index is 2.85. The van der Waals surface area contributed by atoms with E-state index < -0.39 is 0 Å². The largest absolute Gasteiger partial charge is 0.322 e. The van der Waals surface area contributed by atoms with Crippen molar-refractivity contribution in [1.29, 1.82) is 0 Å². The lowest BCUT2D eigenvalue weighted by atomic mass is 10.2. The summed E-state index contributed by atoms with van der Waals surface area (Å²) in [5.41, 5.74) is 2.64. The van der Waals surface area contributed by atoms with Crippen molar-refractivity contribution in [2.75, 3.05) is 5.32 Å². The molecule has 0 aromatic carbocycles. The lowest BCUT2D eigenvalue weighted by molar-refractivity contribution is -0.115. The Bertz CT molecular complexity index is 373. The van der Waals surface area contributed by atoms with E-state index in [1.165, 1.54) is 0 Å². The van der Waals surface area contributed by atoms with Crippen LogP contribution >= 0.6 is 15.9 Å². The van der Waals surface area contributed by atoms with Gasteiger partial charge in [-0.15, -0.1) is 0 Å². The van der Waals surface area contributed by atoms with Crippen LogP contribution in [-0.4, -0.2) is 20.5 Å². The third-order valence-corrected chi connectivity index (χ3v) is 3.46. The van der Waals surface area contributed by atoms with Crippen LogP contribution in [-0.2, 0) is 11.8 Å². The second kappa shape index (κ2) is 4.79. The third-order valence-electron chi connectivity index (χ3n) is 2.40. The molecule has 0 aliphatic rings.